The summed E-state index contributed by atoms with van der Waals surface area (Å²) in [5.74, 6) is -1.40. The van der Waals surface area contributed by atoms with Crippen molar-refractivity contribution in [2.75, 3.05) is 13.7 Å². The van der Waals surface area contributed by atoms with Crippen LogP contribution < -0.4 is 21.7 Å². The van der Waals surface area contributed by atoms with Gasteiger partial charge in [0.15, 0.2) is 5.78 Å². The van der Waals surface area contributed by atoms with E-state index >= 15 is 0 Å². The highest BCUT2D eigenvalue weighted by molar-refractivity contribution is 7.12. The zero-order valence-electron chi connectivity index (χ0n) is 21.0. The Morgan fingerprint density at radius 2 is 1.66 bits per heavy atom. The second kappa shape index (κ2) is 12.5. The minimum absolute atomic E-state index is 0.115. The van der Waals surface area contributed by atoms with Gasteiger partial charge >= 0.3 is 6.09 Å². The Bertz CT molecular complexity index is 1240. The highest BCUT2D eigenvalue weighted by atomic mass is 32.1. The number of hydrogen-bond donors (Lipinski definition) is 5. The molecule has 1 saturated heterocycles. The molecule has 0 bridgehead atoms. The van der Waals surface area contributed by atoms with Crippen molar-refractivity contribution in [3.8, 4) is 0 Å². The first kappa shape index (κ1) is 27.0. The first-order valence-electron chi connectivity index (χ1n) is 12.3. The lowest BCUT2D eigenvalue weighted by Gasteiger charge is -2.30. The third-order valence-electron chi connectivity index (χ3n) is 6.59. The number of nitrogens with one attached hydrogen (secondary N) is 4. The van der Waals surface area contributed by atoms with E-state index in [1.165, 1.54) is 18.4 Å². The SMILES string of the molecule is COC(=O)N[C@@H](C(=O)NC(C(=O)[C@@H]1CCCN1)c1csc(C(=N)N)c1)C(c1ccccc1)c1ccccc1. The fourth-order valence-electron chi connectivity index (χ4n) is 4.71. The number of nitrogens with two attached hydrogens (primary N) is 1. The van der Waals surface area contributed by atoms with E-state index in [0.29, 0.717) is 16.9 Å². The molecule has 4 rings (SSSR count). The van der Waals surface area contributed by atoms with E-state index in [-0.39, 0.29) is 11.6 Å². The zero-order valence-corrected chi connectivity index (χ0v) is 21.8. The zero-order chi connectivity index (χ0) is 27.1. The molecule has 9 nitrogen and oxygen atoms in total. The Labute approximate surface area is 225 Å². The Hall–Kier alpha value is -4.02. The predicted octanol–water partition coefficient (Wildman–Crippen LogP) is 3.07. The molecule has 2 aromatic carbocycles. The molecule has 3 aromatic rings. The summed E-state index contributed by atoms with van der Waals surface area (Å²) >= 11 is 1.23. The van der Waals surface area contributed by atoms with E-state index in [1.807, 2.05) is 60.7 Å². The molecule has 0 spiro atoms. The van der Waals surface area contributed by atoms with Gasteiger partial charge in [-0.05, 0) is 47.5 Å². The standard InChI is InChI=1S/C28H31N5O4S/c1-37-28(36)33-24(22(17-9-4-2-5-10-17)18-11-6-3-7-12-18)27(35)32-23(25(34)20-13-8-14-31-20)19-15-21(26(29)30)38-16-19/h2-7,9-12,15-16,20,22-24,31H,8,13-14H2,1H3,(H3,29,30)(H,32,35)(H,33,36)/t20-,23?,24+/m0/s1. The topological polar surface area (TPSA) is 146 Å². The van der Waals surface area contributed by atoms with Gasteiger partial charge in [-0.1, -0.05) is 60.7 Å². The lowest BCUT2D eigenvalue weighted by Crippen LogP contribution is -2.53. The largest absolute Gasteiger partial charge is 0.453 e. The van der Waals surface area contributed by atoms with Gasteiger partial charge in [0, 0.05) is 5.92 Å². The monoisotopic (exact) mass is 533 g/mol. The van der Waals surface area contributed by atoms with Gasteiger partial charge in [0.25, 0.3) is 0 Å². The lowest BCUT2D eigenvalue weighted by atomic mass is 9.84. The molecular weight excluding hydrogens is 502 g/mol. The molecule has 1 fully saturated rings. The molecule has 0 radical (unpaired) electrons. The van der Waals surface area contributed by atoms with Gasteiger partial charge in [0.05, 0.1) is 18.0 Å². The van der Waals surface area contributed by atoms with Crippen molar-refractivity contribution >= 4 is 35.0 Å². The summed E-state index contributed by atoms with van der Waals surface area (Å²) in [5, 5.41) is 18.3. The maximum Gasteiger partial charge on any atom is 0.407 e. The minimum Gasteiger partial charge on any atom is -0.453 e. The minimum atomic E-state index is -1.09. The quantitative estimate of drug-likeness (QED) is 0.200. The number of ketones is 1. The van der Waals surface area contributed by atoms with Crippen LogP contribution >= 0.6 is 11.3 Å². The molecule has 1 aliphatic heterocycles. The number of ether oxygens (including phenoxy) is 1. The van der Waals surface area contributed by atoms with Crippen molar-refractivity contribution in [1.82, 2.24) is 16.0 Å². The summed E-state index contributed by atoms with van der Waals surface area (Å²) < 4.78 is 4.86. The summed E-state index contributed by atoms with van der Waals surface area (Å²) in [6, 6.07) is 17.9. The number of nitrogen functional groups attached to an aromatic ring is 1. The van der Waals surface area contributed by atoms with E-state index < -0.39 is 36.0 Å². The van der Waals surface area contributed by atoms with Crippen molar-refractivity contribution in [3.63, 3.8) is 0 Å². The van der Waals surface area contributed by atoms with Crippen LogP contribution in [0.4, 0.5) is 4.79 Å². The van der Waals surface area contributed by atoms with E-state index in [2.05, 4.69) is 16.0 Å². The molecule has 10 heteroatoms. The van der Waals surface area contributed by atoms with Crippen LogP contribution in [0.25, 0.3) is 0 Å². The number of hydrogen-bond acceptors (Lipinski definition) is 7. The molecule has 198 valence electrons. The van der Waals surface area contributed by atoms with Crippen LogP contribution in [0, 0.1) is 5.41 Å². The van der Waals surface area contributed by atoms with Gasteiger partial charge in [-0.3, -0.25) is 15.0 Å². The molecule has 38 heavy (non-hydrogen) atoms. The van der Waals surface area contributed by atoms with Gasteiger partial charge in [0.1, 0.15) is 17.9 Å². The van der Waals surface area contributed by atoms with Gasteiger partial charge in [-0.15, -0.1) is 11.3 Å². The van der Waals surface area contributed by atoms with Crippen LogP contribution in [-0.2, 0) is 14.3 Å². The van der Waals surface area contributed by atoms with E-state index in [4.69, 9.17) is 15.9 Å². The van der Waals surface area contributed by atoms with E-state index in [0.717, 1.165) is 24.1 Å². The summed E-state index contributed by atoms with van der Waals surface area (Å²) in [4.78, 5) is 40.6. The third kappa shape index (κ3) is 6.27. The predicted molar refractivity (Wildman–Crippen MR) is 146 cm³/mol. The Morgan fingerprint density at radius 1 is 1.03 bits per heavy atom. The Morgan fingerprint density at radius 3 is 2.16 bits per heavy atom. The summed E-state index contributed by atoms with van der Waals surface area (Å²) in [5.41, 5.74) is 7.82. The number of Topliss-reactive ketones (excluding diaryl/α,β-unsaturated/α-hetero) is 1. The molecule has 1 aromatic heterocycles. The fourth-order valence-corrected chi connectivity index (χ4v) is 5.51. The average Bonchev–Trinajstić information content (AvgIpc) is 3.65. The molecule has 0 aliphatic carbocycles. The van der Waals surface area contributed by atoms with Gasteiger partial charge in [-0.2, -0.15) is 0 Å². The molecular formula is C28H31N5O4S. The van der Waals surface area contributed by atoms with Crippen LogP contribution in [0.1, 0.15) is 46.4 Å². The molecule has 2 heterocycles. The van der Waals surface area contributed by atoms with E-state index in [9.17, 15) is 14.4 Å². The van der Waals surface area contributed by atoms with E-state index in [1.54, 1.807) is 11.4 Å². The number of rotatable bonds is 10. The van der Waals surface area contributed by atoms with Crippen molar-refractivity contribution in [2.45, 2.75) is 36.9 Å². The van der Waals surface area contributed by atoms with Crippen LogP contribution in [0.5, 0.6) is 0 Å². The molecule has 1 unspecified atom stereocenters. The number of benzene rings is 2. The normalized spacial score (nSPS) is 16.4. The summed E-state index contributed by atoms with van der Waals surface area (Å²) in [7, 11) is 1.23. The maximum atomic E-state index is 14.0. The van der Waals surface area contributed by atoms with Crippen molar-refractivity contribution in [1.29, 1.82) is 5.41 Å². The van der Waals surface area contributed by atoms with Crippen molar-refractivity contribution in [3.05, 3.63) is 93.7 Å². The second-order valence-corrected chi connectivity index (χ2v) is 9.97. The highest BCUT2D eigenvalue weighted by Crippen LogP contribution is 2.30. The first-order valence-corrected chi connectivity index (χ1v) is 13.2. The van der Waals surface area contributed by atoms with Gasteiger partial charge in [0.2, 0.25) is 5.91 Å². The fraction of sp³-hybridized carbons (Fsp3) is 0.286. The Kier molecular flexibility index (Phi) is 8.88. The smallest absolute Gasteiger partial charge is 0.407 e. The number of amidine groups is 1. The second-order valence-electron chi connectivity index (χ2n) is 9.06. The van der Waals surface area contributed by atoms with Crippen LogP contribution in [0.15, 0.2) is 72.1 Å². The number of carbonyl (C=O) groups is 3. The van der Waals surface area contributed by atoms with Crippen LogP contribution in [0.2, 0.25) is 0 Å². The number of amides is 2. The van der Waals surface area contributed by atoms with Crippen molar-refractivity contribution < 1.29 is 19.1 Å². The molecule has 1 aliphatic rings. The number of carbonyl (C=O) groups excluding carboxylic acids is 3. The maximum absolute atomic E-state index is 14.0. The van der Waals surface area contributed by atoms with Gasteiger partial charge < -0.3 is 26.4 Å². The van der Waals surface area contributed by atoms with Gasteiger partial charge in [-0.25, -0.2) is 4.79 Å². The Balaban J connectivity index is 1.73. The van der Waals surface area contributed by atoms with Crippen LogP contribution in [-0.4, -0.2) is 49.4 Å². The highest BCUT2D eigenvalue weighted by Gasteiger charge is 2.37. The average molecular weight is 534 g/mol. The summed E-state index contributed by atoms with van der Waals surface area (Å²) in [6.07, 6.45) is 0.752. The third-order valence-corrected chi connectivity index (χ3v) is 7.57. The number of alkyl carbamates (subject to hydrolysis) is 1. The molecule has 3 atom stereocenters. The summed E-state index contributed by atoms with van der Waals surface area (Å²) in [6.45, 7) is 0.718. The number of methoxy groups -OCH3 is 1. The van der Waals surface area contributed by atoms with Crippen molar-refractivity contribution in [2.24, 2.45) is 5.73 Å². The van der Waals surface area contributed by atoms with Crippen LogP contribution in [0.3, 0.4) is 0 Å². The molecule has 0 saturated carbocycles. The molecule has 6 N–H and O–H groups in total. The molecule has 2 amide bonds. The first-order chi connectivity index (χ1) is 18.4. The number of thiophene rings is 1. The lowest BCUT2D eigenvalue weighted by molar-refractivity contribution is -0.130.